The predicted molar refractivity (Wildman–Crippen MR) is 62.3 cm³/mol. The second kappa shape index (κ2) is 4.06. The Balaban J connectivity index is 2.76. The van der Waals surface area contributed by atoms with Gasteiger partial charge in [-0.3, -0.25) is 9.36 Å². The van der Waals surface area contributed by atoms with Crippen molar-refractivity contribution in [2.24, 2.45) is 5.92 Å². The molecule has 88 valence electrons. The molecule has 0 bridgehead atoms. The summed E-state index contributed by atoms with van der Waals surface area (Å²) in [7, 11) is 0. The van der Waals surface area contributed by atoms with Gasteiger partial charge in [-0.1, -0.05) is 6.92 Å². The molecule has 1 aliphatic rings. The molecule has 1 aliphatic heterocycles. The molecule has 0 amide bonds. The van der Waals surface area contributed by atoms with Gasteiger partial charge in [0.2, 0.25) is 0 Å². The van der Waals surface area contributed by atoms with Gasteiger partial charge in [0.15, 0.2) is 0 Å². The Labute approximate surface area is 98.7 Å². The van der Waals surface area contributed by atoms with Crippen molar-refractivity contribution in [1.29, 1.82) is 5.26 Å². The monoisotopic (exact) mass is 231 g/mol. The largest absolute Gasteiger partial charge is 0.515 e. The van der Waals surface area contributed by atoms with Crippen LogP contribution in [0.25, 0.3) is 5.57 Å². The zero-order chi connectivity index (χ0) is 12.6. The summed E-state index contributed by atoms with van der Waals surface area (Å²) < 4.78 is 1.49. The molecule has 5 heteroatoms. The topological polar surface area (TPSA) is 78.9 Å². The molecule has 2 atom stereocenters. The maximum atomic E-state index is 12.0. The number of nitriles is 1. The molecule has 1 aromatic rings. The van der Waals surface area contributed by atoms with Crippen LogP contribution >= 0.6 is 0 Å². The van der Waals surface area contributed by atoms with Crippen molar-refractivity contribution in [2.75, 3.05) is 0 Å². The van der Waals surface area contributed by atoms with Crippen LogP contribution in [0.15, 0.2) is 17.3 Å². The number of rotatable bonds is 0. The average Bonchev–Trinajstić information content (AvgIpc) is 2.29. The molecular formula is C12H13N3O2. The van der Waals surface area contributed by atoms with Gasteiger partial charge in [-0.15, -0.1) is 0 Å². The molecule has 0 spiro atoms. The first kappa shape index (κ1) is 11.4. The molecule has 0 aliphatic carbocycles. The summed E-state index contributed by atoms with van der Waals surface area (Å²) in [5, 5.41) is 18.0. The molecule has 5 nitrogen and oxygen atoms in total. The number of fused-ring (bicyclic) bond motifs is 1. The summed E-state index contributed by atoms with van der Waals surface area (Å²) in [6, 6.07) is 1.82. The van der Waals surface area contributed by atoms with Gasteiger partial charge in [-0.05, 0) is 19.3 Å². The molecule has 17 heavy (non-hydrogen) atoms. The second-order valence-electron chi connectivity index (χ2n) is 4.35. The minimum atomic E-state index is -0.337. The lowest BCUT2D eigenvalue weighted by Crippen LogP contribution is -2.34. The van der Waals surface area contributed by atoms with Crippen LogP contribution in [0.1, 0.15) is 37.7 Å². The van der Waals surface area contributed by atoms with Crippen molar-refractivity contribution in [3.8, 4) is 6.07 Å². The lowest BCUT2D eigenvalue weighted by molar-refractivity contribution is 0.395. The smallest absolute Gasteiger partial charge is 0.271 e. The van der Waals surface area contributed by atoms with Crippen molar-refractivity contribution in [3.63, 3.8) is 0 Å². The molecule has 0 saturated heterocycles. The zero-order valence-electron chi connectivity index (χ0n) is 9.71. The first-order valence-electron chi connectivity index (χ1n) is 5.46. The van der Waals surface area contributed by atoms with E-state index >= 15 is 0 Å². The molecule has 2 rings (SSSR count). The number of nitrogens with zero attached hydrogens (tertiary/aromatic N) is 3. The van der Waals surface area contributed by atoms with Crippen molar-refractivity contribution in [1.82, 2.24) is 9.55 Å². The molecule has 0 aromatic carbocycles. The van der Waals surface area contributed by atoms with Gasteiger partial charge in [0.1, 0.15) is 17.5 Å². The first-order valence-corrected chi connectivity index (χ1v) is 5.46. The summed E-state index contributed by atoms with van der Waals surface area (Å²) in [6.45, 7) is 3.89. The number of aliphatic hydroxyl groups is 1. The van der Waals surface area contributed by atoms with Gasteiger partial charge in [-0.2, -0.15) is 5.26 Å². The molecule has 2 heterocycles. The van der Waals surface area contributed by atoms with E-state index in [2.05, 4.69) is 4.98 Å². The van der Waals surface area contributed by atoms with Gasteiger partial charge in [0.05, 0.1) is 12.5 Å². The minimum Gasteiger partial charge on any atom is -0.515 e. The van der Waals surface area contributed by atoms with E-state index in [1.165, 1.54) is 10.8 Å². The standard InChI is InChI=1S/C12H13N3O2/c1-7-3-8(2)15-11(10(7)6-16)14-5-9(4-13)12(15)17/h5-8,16H,3H2,1-2H3/b10-6+. The highest BCUT2D eigenvalue weighted by molar-refractivity contribution is 5.62. The van der Waals surface area contributed by atoms with E-state index in [0.717, 1.165) is 12.7 Å². The van der Waals surface area contributed by atoms with Crippen molar-refractivity contribution in [3.05, 3.63) is 34.2 Å². The highest BCUT2D eigenvalue weighted by atomic mass is 16.2. The van der Waals surface area contributed by atoms with Gasteiger partial charge in [-0.25, -0.2) is 4.98 Å². The van der Waals surface area contributed by atoms with E-state index in [0.29, 0.717) is 11.4 Å². The van der Waals surface area contributed by atoms with Crippen LogP contribution in [0.3, 0.4) is 0 Å². The third-order valence-corrected chi connectivity index (χ3v) is 3.18. The number of allylic oxidation sites excluding steroid dienone is 1. The Morgan fingerprint density at radius 2 is 2.35 bits per heavy atom. The molecule has 2 unspecified atom stereocenters. The molecular weight excluding hydrogens is 218 g/mol. The summed E-state index contributed by atoms with van der Waals surface area (Å²) in [6.07, 6.45) is 3.01. The zero-order valence-corrected chi connectivity index (χ0v) is 9.71. The van der Waals surface area contributed by atoms with Crippen LogP contribution < -0.4 is 5.56 Å². The lowest BCUT2D eigenvalue weighted by Gasteiger charge is -2.29. The van der Waals surface area contributed by atoms with Crippen LogP contribution in [0.5, 0.6) is 0 Å². The molecule has 0 radical (unpaired) electrons. The van der Waals surface area contributed by atoms with Crippen LogP contribution in [-0.4, -0.2) is 14.7 Å². The normalized spacial score (nSPS) is 25.4. The number of aliphatic hydroxyl groups excluding tert-OH is 1. The van der Waals surface area contributed by atoms with Crippen LogP contribution in [0.2, 0.25) is 0 Å². The van der Waals surface area contributed by atoms with Crippen LogP contribution in [-0.2, 0) is 0 Å². The van der Waals surface area contributed by atoms with Crippen molar-refractivity contribution >= 4 is 5.57 Å². The van der Waals surface area contributed by atoms with E-state index in [9.17, 15) is 9.90 Å². The maximum absolute atomic E-state index is 12.0. The highest BCUT2D eigenvalue weighted by Crippen LogP contribution is 2.34. The highest BCUT2D eigenvalue weighted by Gasteiger charge is 2.28. The summed E-state index contributed by atoms with van der Waals surface area (Å²) in [4.78, 5) is 16.1. The van der Waals surface area contributed by atoms with Crippen LogP contribution in [0, 0.1) is 17.2 Å². The summed E-state index contributed by atoms with van der Waals surface area (Å²) in [5.41, 5.74) is 0.341. The van der Waals surface area contributed by atoms with Gasteiger partial charge in [0.25, 0.3) is 5.56 Å². The molecule has 1 N–H and O–H groups in total. The van der Waals surface area contributed by atoms with E-state index < -0.39 is 0 Å². The third-order valence-electron chi connectivity index (χ3n) is 3.18. The molecule has 0 fully saturated rings. The van der Waals surface area contributed by atoms with Gasteiger partial charge < -0.3 is 5.11 Å². The molecule has 0 saturated carbocycles. The van der Waals surface area contributed by atoms with E-state index in [4.69, 9.17) is 5.26 Å². The summed E-state index contributed by atoms with van der Waals surface area (Å²) >= 11 is 0. The Morgan fingerprint density at radius 3 is 2.94 bits per heavy atom. The van der Waals surface area contributed by atoms with Gasteiger partial charge in [0, 0.05) is 11.6 Å². The Kier molecular flexibility index (Phi) is 2.72. The Hall–Kier alpha value is -2.09. The van der Waals surface area contributed by atoms with Crippen molar-refractivity contribution in [2.45, 2.75) is 26.3 Å². The van der Waals surface area contributed by atoms with E-state index in [1.54, 1.807) is 0 Å². The SMILES string of the molecule is CC1CC(C)n2c(ncc(C#N)c2=O)/C1=C/O. The van der Waals surface area contributed by atoms with E-state index in [1.807, 2.05) is 19.9 Å². The second-order valence-corrected chi connectivity index (χ2v) is 4.35. The third kappa shape index (κ3) is 1.62. The first-order chi connectivity index (χ1) is 8.10. The fraction of sp³-hybridized carbons (Fsp3) is 0.417. The van der Waals surface area contributed by atoms with Crippen LogP contribution in [0.4, 0.5) is 0 Å². The van der Waals surface area contributed by atoms with Gasteiger partial charge >= 0.3 is 0 Å². The van der Waals surface area contributed by atoms with E-state index in [-0.39, 0.29) is 23.1 Å². The Morgan fingerprint density at radius 1 is 1.65 bits per heavy atom. The fourth-order valence-electron chi connectivity index (χ4n) is 2.32. The van der Waals surface area contributed by atoms with Crippen molar-refractivity contribution < 1.29 is 5.11 Å². The number of hydrogen-bond donors (Lipinski definition) is 1. The quantitative estimate of drug-likeness (QED) is 0.688. The predicted octanol–water partition coefficient (Wildman–Crippen LogP) is 1.61. The number of aromatic nitrogens is 2. The average molecular weight is 231 g/mol. The Bertz CT molecular complexity index is 580. The maximum Gasteiger partial charge on any atom is 0.271 e. The molecule has 1 aromatic heterocycles. The summed E-state index contributed by atoms with van der Waals surface area (Å²) in [5.74, 6) is 0.609. The fourth-order valence-corrected chi connectivity index (χ4v) is 2.32. The number of hydrogen-bond acceptors (Lipinski definition) is 4. The lowest BCUT2D eigenvalue weighted by atomic mass is 9.90. The minimum absolute atomic E-state index is 0.0167.